The number of ether oxygens (including phenoxy) is 1. The fourth-order valence-electron chi connectivity index (χ4n) is 2.35. The first kappa shape index (κ1) is 16.3. The molecule has 0 atom stereocenters. The minimum atomic E-state index is 0.0384. The number of hydrogen-bond acceptors (Lipinski definition) is 6. The molecule has 22 heavy (non-hydrogen) atoms. The van der Waals surface area contributed by atoms with Crippen molar-refractivity contribution in [3.63, 3.8) is 0 Å². The van der Waals surface area contributed by atoms with E-state index in [0.717, 1.165) is 29.1 Å². The predicted molar refractivity (Wildman–Crippen MR) is 87.5 cm³/mol. The van der Waals surface area contributed by atoms with E-state index in [0.29, 0.717) is 23.4 Å². The zero-order valence-electron chi connectivity index (χ0n) is 13.0. The van der Waals surface area contributed by atoms with Gasteiger partial charge in [-0.25, -0.2) is 4.98 Å². The van der Waals surface area contributed by atoms with E-state index in [1.807, 2.05) is 18.4 Å². The molecule has 0 fully saturated rings. The van der Waals surface area contributed by atoms with Gasteiger partial charge in [-0.3, -0.25) is 0 Å². The third kappa shape index (κ3) is 3.57. The molecule has 0 aliphatic carbocycles. The maximum absolute atomic E-state index is 10.2. The SMILES string of the molecule is CCCc1cc(/C(Cc2csc(C)n2)=N/O)c(O)cc1OC. The second kappa shape index (κ2) is 7.26. The fourth-order valence-corrected chi connectivity index (χ4v) is 2.96. The Morgan fingerprint density at radius 2 is 2.18 bits per heavy atom. The number of aryl methyl sites for hydroxylation is 2. The van der Waals surface area contributed by atoms with Crippen LogP contribution in [0.3, 0.4) is 0 Å². The Kier molecular flexibility index (Phi) is 5.38. The van der Waals surface area contributed by atoms with Gasteiger partial charge in [0.05, 0.1) is 23.5 Å². The maximum atomic E-state index is 10.2. The summed E-state index contributed by atoms with van der Waals surface area (Å²) in [6.07, 6.45) is 2.15. The highest BCUT2D eigenvalue weighted by Gasteiger charge is 2.16. The summed E-state index contributed by atoms with van der Waals surface area (Å²) in [7, 11) is 1.58. The lowest BCUT2D eigenvalue weighted by molar-refractivity contribution is 0.318. The van der Waals surface area contributed by atoms with E-state index >= 15 is 0 Å². The molecule has 0 saturated heterocycles. The molecule has 0 amide bonds. The summed E-state index contributed by atoms with van der Waals surface area (Å²) in [6, 6.07) is 3.39. The molecule has 0 unspecified atom stereocenters. The van der Waals surface area contributed by atoms with E-state index in [4.69, 9.17) is 4.74 Å². The van der Waals surface area contributed by atoms with Gasteiger partial charge in [0.15, 0.2) is 0 Å². The summed E-state index contributed by atoms with van der Waals surface area (Å²) in [6.45, 7) is 4.00. The average molecular weight is 320 g/mol. The van der Waals surface area contributed by atoms with Gasteiger partial charge in [0.25, 0.3) is 0 Å². The van der Waals surface area contributed by atoms with Crippen molar-refractivity contribution in [2.75, 3.05) is 7.11 Å². The van der Waals surface area contributed by atoms with Crippen LogP contribution in [0.25, 0.3) is 0 Å². The summed E-state index contributed by atoms with van der Waals surface area (Å²) in [5.74, 6) is 0.682. The molecule has 1 heterocycles. The molecule has 6 heteroatoms. The van der Waals surface area contributed by atoms with E-state index in [9.17, 15) is 10.3 Å². The quantitative estimate of drug-likeness (QED) is 0.485. The van der Waals surface area contributed by atoms with Crippen molar-refractivity contribution in [2.24, 2.45) is 5.16 Å². The van der Waals surface area contributed by atoms with Gasteiger partial charge in [0, 0.05) is 23.4 Å². The summed E-state index contributed by atoms with van der Waals surface area (Å²) < 4.78 is 5.30. The van der Waals surface area contributed by atoms with Crippen LogP contribution in [0.2, 0.25) is 0 Å². The van der Waals surface area contributed by atoms with Crippen LogP contribution in [0.15, 0.2) is 22.7 Å². The third-order valence-corrected chi connectivity index (χ3v) is 4.19. The van der Waals surface area contributed by atoms with E-state index in [1.54, 1.807) is 24.5 Å². The van der Waals surface area contributed by atoms with Gasteiger partial charge in [-0.1, -0.05) is 18.5 Å². The van der Waals surface area contributed by atoms with Crippen LogP contribution in [-0.4, -0.2) is 28.1 Å². The van der Waals surface area contributed by atoms with Gasteiger partial charge in [0.1, 0.15) is 11.5 Å². The highest BCUT2D eigenvalue weighted by Crippen LogP contribution is 2.30. The Labute approximate surface area is 133 Å². The molecular formula is C16H20N2O3S. The molecule has 1 aromatic heterocycles. The molecule has 5 nitrogen and oxygen atoms in total. The summed E-state index contributed by atoms with van der Waals surface area (Å²) in [5, 5.41) is 25.8. The lowest BCUT2D eigenvalue weighted by Crippen LogP contribution is -2.08. The first-order chi connectivity index (χ1) is 10.6. The molecule has 118 valence electrons. The number of phenols is 1. The number of methoxy groups -OCH3 is 1. The first-order valence-corrected chi connectivity index (χ1v) is 7.99. The molecular weight excluding hydrogens is 300 g/mol. The van der Waals surface area contributed by atoms with Crippen molar-refractivity contribution in [2.45, 2.75) is 33.1 Å². The van der Waals surface area contributed by atoms with Crippen LogP contribution in [0.4, 0.5) is 0 Å². The number of phenolic OH excluding ortho intramolecular Hbond substituents is 1. The topological polar surface area (TPSA) is 74.9 Å². The van der Waals surface area contributed by atoms with E-state index in [1.165, 1.54) is 0 Å². The third-order valence-electron chi connectivity index (χ3n) is 3.36. The highest BCUT2D eigenvalue weighted by atomic mass is 32.1. The number of aromatic nitrogens is 1. The lowest BCUT2D eigenvalue weighted by atomic mass is 9.99. The van der Waals surface area contributed by atoms with E-state index in [2.05, 4.69) is 17.1 Å². The molecule has 0 radical (unpaired) electrons. The maximum Gasteiger partial charge on any atom is 0.128 e. The van der Waals surface area contributed by atoms with Crippen molar-refractivity contribution in [3.8, 4) is 11.5 Å². The molecule has 2 N–H and O–H groups in total. The van der Waals surface area contributed by atoms with Crippen LogP contribution in [0.5, 0.6) is 11.5 Å². The Morgan fingerprint density at radius 1 is 1.41 bits per heavy atom. The van der Waals surface area contributed by atoms with Crippen molar-refractivity contribution >= 4 is 17.0 Å². The number of hydrogen-bond donors (Lipinski definition) is 2. The lowest BCUT2D eigenvalue weighted by Gasteiger charge is -2.13. The van der Waals surface area contributed by atoms with Crippen LogP contribution in [-0.2, 0) is 12.8 Å². The monoisotopic (exact) mass is 320 g/mol. The van der Waals surface area contributed by atoms with Crippen molar-refractivity contribution < 1.29 is 15.1 Å². The highest BCUT2D eigenvalue weighted by molar-refractivity contribution is 7.09. The van der Waals surface area contributed by atoms with Crippen LogP contribution in [0.1, 0.15) is 35.2 Å². The molecule has 0 saturated carbocycles. The van der Waals surface area contributed by atoms with Crippen molar-refractivity contribution in [1.82, 2.24) is 4.98 Å². The smallest absolute Gasteiger partial charge is 0.128 e. The second-order valence-corrected chi connectivity index (χ2v) is 6.07. The summed E-state index contributed by atoms with van der Waals surface area (Å²) in [4.78, 5) is 4.37. The Bertz CT molecular complexity index is 680. The molecule has 2 aromatic rings. The van der Waals surface area contributed by atoms with Gasteiger partial charge in [-0.2, -0.15) is 0 Å². The van der Waals surface area contributed by atoms with E-state index < -0.39 is 0 Å². The predicted octanol–water partition coefficient (Wildman–Crippen LogP) is 3.54. The van der Waals surface area contributed by atoms with Gasteiger partial charge in [0.2, 0.25) is 0 Å². The van der Waals surface area contributed by atoms with E-state index in [-0.39, 0.29) is 5.75 Å². The zero-order chi connectivity index (χ0) is 16.1. The molecule has 0 aliphatic rings. The second-order valence-electron chi connectivity index (χ2n) is 5.01. The number of benzene rings is 1. The molecule has 2 rings (SSSR count). The largest absolute Gasteiger partial charge is 0.507 e. The van der Waals surface area contributed by atoms with Crippen LogP contribution < -0.4 is 4.74 Å². The summed E-state index contributed by atoms with van der Waals surface area (Å²) >= 11 is 1.54. The summed E-state index contributed by atoms with van der Waals surface area (Å²) in [5.41, 5.74) is 2.70. The van der Waals surface area contributed by atoms with Gasteiger partial charge in [-0.15, -0.1) is 11.3 Å². The van der Waals surface area contributed by atoms with Crippen LogP contribution in [0, 0.1) is 6.92 Å². The number of nitrogens with zero attached hydrogens (tertiary/aromatic N) is 2. The Morgan fingerprint density at radius 3 is 2.73 bits per heavy atom. The van der Waals surface area contributed by atoms with Crippen molar-refractivity contribution in [1.29, 1.82) is 0 Å². The van der Waals surface area contributed by atoms with Crippen molar-refractivity contribution in [3.05, 3.63) is 39.3 Å². The first-order valence-electron chi connectivity index (χ1n) is 7.11. The minimum absolute atomic E-state index is 0.0384. The standard InChI is InChI=1S/C16H20N2O3S/c1-4-5-11-6-13(15(19)8-16(11)21-3)14(18-20)7-12-9-22-10(2)17-12/h6,8-9,19-20H,4-5,7H2,1-3H3/b18-14+. The zero-order valence-corrected chi connectivity index (χ0v) is 13.8. The molecule has 0 spiro atoms. The van der Waals surface area contributed by atoms with Gasteiger partial charge in [-0.05, 0) is 25.0 Å². The molecule has 0 aliphatic heterocycles. The average Bonchev–Trinajstić information content (AvgIpc) is 2.92. The Hall–Kier alpha value is -2.08. The minimum Gasteiger partial charge on any atom is -0.507 e. The molecule has 0 bridgehead atoms. The number of thiazole rings is 1. The Balaban J connectivity index is 2.38. The van der Waals surface area contributed by atoms with Crippen LogP contribution >= 0.6 is 11.3 Å². The normalized spacial score (nSPS) is 11.7. The number of aromatic hydroxyl groups is 1. The van der Waals surface area contributed by atoms with Gasteiger partial charge >= 0.3 is 0 Å². The number of oxime groups is 1. The molecule has 1 aromatic carbocycles. The van der Waals surface area contributed by atoms with Gasteiger partial charge < -0.3 is 15.1 Å². The number of rotatable bonds is 6. The fraction of sp³-hybridized carbons (Fsp3) is 0.375.